The van der Waals surface area contributed by atoms with Gasteiger partial charge in [-0.2, -0.15) is 0 Å². The van der Waals surface area contributed by atoms with Gasteiger partial charge < -0.3 is 9.69 Å². The second kappa shape index (κ2) is 26.5. The average Bonchev–Trinajstić information content (AvgIpc) is 3.22. The van der Waals surface area contributed by atoms with E-state index in [4.69, 9.17) is 0 Å². The van der Waals surface area contributed by atoms with Gasteiger partial charge in [0.1, 0.15) is 0 Å². The van der Waals surface area contributed by atoms with Crippen LogP contribution in [-0.2, 0) is 17.2 Å². The summed E-state index contributed by atoms with van der Waals surface area (Å²) < 4.78 is 0. The molecule has 1 aromatic carbocycles. The second-order valence-corrected chi connectivity index (χ2v) is 24.4. The monoisotopic (exact) mass is 895 g/mol. The van der Waals surface area contributed by atoms with Crippen molar-refractivity contribution in [2.45, 2.75) is 227 Å². The first-order chi connectivity index (χ1) is 25.1. The van der Waals surface area contributed by atoms with Crippen LogP contribution in [0.3, 0.4) is 0 Å². The van der Waals surface area contributed by atoms with Crippen LogP contribution in [0.5, 0.6) is 0 Å². The molecule has 51 heavy (non-hydrogen) atoms. The first-order valence-electron chi connectivity index (χ1n) is 22.2. The van der Waals surface area contributed by atoms with Gasteiger partial charge in [-0.25, -0.2) is 0 Å². The molecular formula is C45H78BrNOP2Pd+2. The minimum absolute atomic E-state index is 0.00870. The Morgan fingerprint density at radius 1 is 0.510 bits per heavy atom. The third kappa shape index (κ3) is 15.3. The fourth-order valence-corrected chi connectivity index (χ4v) is 21.8. The van der Waals surface area contributed by atoms with Crippen LogP contribution in [0.15, 0.2) is 24.3 Å². The molecule has 0 N–H and O–H groups in total. The molecule has 0 atom stereocenters. The van der Waals surface area contributed by atoms with E-state index in [1.54, 1.807) is 219 Å². The molecule has 6 aliphatic rings. The van der Waals surface area contributed by atoms with E-state index >= 15 is 0 Å². The summed E-state index contributed by atoms with van der Waals surface area (Å²) >= 11 is 5.35. The van der Waals surface area contributed by atoms with Gasteiger partial charge in [-0.3, -0.25) is 0 Å². The van der Waals surface area contributed by atoms with Crippen molar-refractivity contribution in [2.24, 2.45) is 0 Å². The summed E-state index contributed by atoms with van der Waals surface area (Å²) in [6.45, 7) is 0. The van der Waals surface area contributed by atoms with Gasteiger partial charge in [0, 0.05) is 15.8 Å². The Bertz CT molecular complexity index is 869. The van der Waals surface area contributed by atoms with Crippen molar-refractivity contribution in [1.82, 2.24) is 4.90 Å². The summed E-state index contributed by atoms with van der Waals surface area (Å²) in [4.78, 5) is 12.8. The molecule has 6 aliphatic carbocycles. The molecule has 0 saturated heterocycles. The van der Waals surface area contributed by atoms with Gasteiger partial charge in [0.05, 0.1) is 34.0 Å². The van der Waals surface area contributed by atoms with E-state index < -0.39 is 0 Å². The van der Waals surface area contributed by atoms with Crippen LogP contribution in [0.25, 0.3) is 0 Å². The number of carbonyl (C=O) groups is 1. The third-order valence-corrected chi connectivity index (χ3v) is 22.9. The summed E-state index contributed by atoms with van der Waals surface area (Å²) in [5.74, 6) is -0.00870. The predicted octanol–water partition coefficient (Wildman–Crippen LogP) is 14.4. The van der Waals surface area contributed by atoms with Crippen molar-refractivity contribution < 1.29 is 22.0 Å². The van der Waals surface area contributed by atoms with Crippen molar-refractivity contribution in [1.29, 1.82) is 0 Å². The molecule has 0 bridgehead atoms. The number of hydrogen-bond donors (Lipinski definition) is 0. The van der Waals surface area contributed by atoms with Gasteiger partial charge in [-0.05, 0) is 168 Å². The van der Waals surface area contributed by atoms with Crippen LogP contribution in [0, 0.1) is 6.07 Å². The minimum atomic E-state index is -0.0465. The first kappa shape index (κ1) is 44.4. The van der Waals surface area contributed by atoms with Gasteiger partial charge in [-0.15, -0.1) is 30.3 Å². The fourth-order valence-electron chi connectivity index (χ4n) is 11.4. The second-order valence-electron chi connectivity index (χ2n) is 17.5. The van der Waals surface area contributed by atoms with Crippen molar-refractivity contribution in [3.63, 3.8) is 0 Å². The Balaban J connectivity index is 0.000000174. The van der Waals surface area contributed by atoms with E-state index in [2.05, 4.69) is 36.7 Å². The Hall–Kier alpha value is 0.692. The number of carbonyl (C=O) groups excluding carboxylic acids is 1. The summed E-state index contributed by atoms with van der Waals surface area (Å²) in [6, 6.07) is 10.0. The van der Waals surface area contributed by atoms with Gasteiger partial charge in [-0.1, -0.05) is 44.1 Å². The van der Waals surface area contributed by atoms with Gasteiger partial charge in [0.15, 0.2) is 5.91 Å². The van der Waals surface area contributed by atoms with Gasteiger partial charge in [0.25, 0.3) is 0 Å². The molecule has 1 amide bonds. The fraction of sp³-hybridized carbons (Fsp3) is 0.844. The zero-order valence-electron chi connectivity index (χ0n) is 33.0. The van der Waals surface area contributed by atoms with Crippen LogP contribution in [0.2, 0.25) is 0 Å². The normalized spacial score (nSPS) is 23.7. The molecular weight excluding hydrogens is 819 g/mol. The zero-order valence-corrected chi connectivity index (χ0v) is 38.2. The maximum absolute atomic E-state index is 11.2. The Labute approximate surface area is 336 Å². The summed E-state index contributed by atoms with van der Waals surface area (Å²) in [6.07, 6.45) is 47.6. The third-order valence-electron chi connectivity index (χ3n) is 13.8. The predicted molar refractivity (Wildman–Crippen MR) is 230 cm³/mol. The number of nitrogens with zero attached hydrogens (tertiary/aromatic N) is 1. The Morgan fingerprint density at radius 3 is 0.961 bits per heavy atom. The SMILES string of the molecule is C1CCC([PH+](C2CCCCC2)C2CCCCC2)CC1.C1CCC([PH+](C2CCCCC2)C2CCCCC2)CC1.CN(C)C(=O)c1[c-]cccc1.[Br][Pd+]. The Kier molecular flexibility index (Phi) is 23.1. The summed E-state index contributed by atoms with van der Waals surface area (Å²) in [7, 11) is 3.36. The number of benzene rings is 1. The van der Waals surface area contributed by atoms with E-state index in [9.17, 15) is 4.79 Å². The molecule has 1 aromatic rings. The van der Waals surface area contributed by atoms with Crippen molar-refractivity contribution in [3.05, 3.63) is 35.9 Å². The molecule has 0 unspecified atom stereocenters. The zero-order chi connectivity index (χ0) is 36.1. The van der Waals surface area contributed by atoms with Gasteiger partial charge >= 0.3 is 30.6 Å². The topological polar surface area (TPSA) is 20.3 Å². The average molecular weight is 897 g/mol. The van der Waals surface area contributed by atoms with Crippen LogP contribution < -0.4 is 0 Å². The van der Waals surface area contributed by atoms with E-state index in [1.165, 1.54) is 38.9 Å². The molecule has 6 saturated carbocycles. The molecule has 7 rings (SSSR count). The molecule has 0 radical (unpaired) electrons. The molecule has 2 nitrogen and oxygen atoms in total. The number of amides is 1. The Morgan fingerprint density at radius 2 is 0.765 bits per heavy atom. The van der Waals surface area contributed by atoms with E-state index in [0.29, 0.717) is 5.56 Å². The van der Waals surface area contributed by atoms with E-state index in [-0.39, 0.29) is 21.8 Å². The van der Waals surface area contributed by atoms with Gasteiger partial charge in [0.2, 0.25) is 0 Å². The summed E-state index contributed by atoms with van der Waals surface area (Å²) in [5, 5.41) is 0. The van der Waals surface area contributed by atoms with Crippen LogP contribution in [-0.4, -0.2) is 58.9 Å². The van der Waals surface area contributed by atoms with Crippen LogP contribution >= 0.6 is 29.3 Å². The van der Waals surface area contributed by atoms with Crippen molar-refractivity contribution in [3.8, 4) is 0 Å². The summed E-state index contributed by atoms with van der Waals surface area (Å²) in [5.41, 5.74) is 7.97. The quantitative estimate of drug-likeness (QED) is 0.152. The van der Waals surface area contributed by atoms with E-state index in [0.717, 1.165) is 0 Å². The molecule has 0 heterocycles. The number of hydrogen-bond acceptors (Lipinski definition) is 1. The molecule has 0 aliphatic heterocycles. The molecule has 6 heteroatoms. The van der Waals surface area contributed by atoms with Crippen LogP contribution in [0.4, 0.5) is 0 Å². The number of rotatable bonds is 7. The molecule has 294 valence electrons. The number of halogens is 1. The molecule has 0 aromatic heterocycles. The molecule has 0 spiro atoms. The van der Waals surface area contributed by atoms with Crippen molar-refractivity contribution >= 4 is 35.2 Å². The standard InChI is InChI=1S/2C18H33P.C9H10NO.BrH.Pd/c2*1-4-10-16(11-5-1)19(17-12-6-2-7-13-17)18-14-8-3-9-15-18;1-10(2)9(11)8-6-4-3-5-7-8;;/h2*16-18H,1-15H2;3-6H,1-2H3;1H;/q;;-1;;+2/p+1. The maximum atomic E-state index is 11.2. The van der Waals surface area contributed by atoms with Crippen LogP contribution in [0.1, 0.15) is 203 Å². The van der Waals surface area contributed by atoms with E-state index in [1.807, 2.05) is 12.1 Å². The first-order valence-corrected chi connectivity index (χ1v) is 29.2. The molecule has 6 fully saturated rings. The van der Waals surface area contributed by atoms with Crippen molar-refractivity contribution in [2.75, 3.05) is 14.1 Å².